The number of carbonyl (C=O) groups is 1. The zero-order valence-electron chi connectivity index (χ0n) is 21.2. The molecule has 4 aromatic rings. The molecular formula is C29H32N2O4S. The summed E-state index contributed by atoms with van der Waals surface area (Å²) in [4.78, 5) is 19.5. The van der Waals surface area contributed by atoms with Crippen LogP contribution in [-0.4, -0.2) is 25.7 Å². The van der Waals surface area contributed by atoms with E-state index in [0.717, 1.165) is 27.7 Å². The molecule has 0 aliphatic rings. The van der Waals surface area contributed by atoms with Gasteiger partial charge in [0.2, 0.25) is 0 Å². The molecule has 2 aromatic heterocycles. The summed E-state index contributed by atoms with van der Waals surface area (Å²) < 4.78 is 10.7. The Kier molecular flexibility index (Phi) is 8.01. The molecule has 0 saturated heterocycles. The molecule has 0 atom stereocenters. The number of furan rings is 1. The Hall–Kier alpha value is -3.29. The number of hydrogen-bond donors (Lipinski definition) is 1. The first kappa shape index (κ1) is 25.8. The summed E-state index contributed by atoms with van der Waals surface area (Å²) in [6, 6.07) is 20.3. The van der Waals surface area contributed by atoms with Gasteiger partial charge in [-0.25, -0.2) is 4.98 Å². The lowest BCUT2D eigenvalue weighted by atomic mass is 10.1. The van der Waals surface area contributed by atoms with Crippen molar-refractivity contribution in [2.45, 2.75) is 63.4 Å². The predicted molar refractivity (Wildman–Crippen MR) is 141 cm³/mol. The molecule has 1 N–H and O–H groups in total. The summed E-state index contributed by atoms with van der Waals surface area (Å²) in [6.07, 6.45) is 2.34. The van der Waals surface area contributed by atoms with Crippen molar-refractivity contribution in [2.24, 2.45) is 0 Å². The van der Waals surface area contributed by atoms with E-state index < -0.39 is 10.7 Å². The molecule has 0 aliphatic carbocycles. The van der Waals surface area contributed by atoms with Crippen molar-refractivity contribution < 1.29 is 18.7 Å². The van der Waals surface area contributed by atoms with Gasteiger partial charge in [-0.2, -0.15) is 0 Å². The van der Waals surface area contributed by atoms with Crippen LogP contribution in [0.4, 0.5) is 0 Å². The van der Waals surface area contributed by atoms with E-state index in [9.17, 15) is 9.90 Å². The number of nitrogens with zero attached hydrogens (tertiary/aromatic N) is 2. The zero-order valence-corrected chi connectivity index (χ0v) is 22.0. The predicted octanol–water partition coefficient (Wildman–Crippen LogP) is 6.63. The Labute approximate surface area is 216 Å². The van der Waals surface area contributed by atoms with Crippen LogP contribution in [0.15, 0.2) is 80.7 Å². The summed E-state index contributed by atoms with van der Waals surface area (Å²) in [5.74, 6) is 1.59. The number of hydrogen-bond acceptors (Lipinski definition) is 6. The zero-order chi connectivity index (χ0) is 25.7. The molecule has 6 nitrogen and oxygen atoms in total. The molecule has 0 bridgehead atoms. The van der Waals surface area contributed by atoms with E-state index in [-0.39, 0.29) is 0 Å². The standard InChI is InChI=1S/C29H32N2O4S/c1-20-7-5-8-23(15-20)16-27-30-26(21(2)35-27)19-31(18-24-9-6-14-34-24)17-22-10-12-25(13-11-22)36-29(3,4)28(32)33/h5-15H,16-19H2,1-4H3,(H,32,33). The smallest absolute Gasteiger partial charge is 0.319 e. The Morgan fingerprint density at radius 1 is 1.00 bits per heavy atom. The number of aliphatic carboxylic acids is 1. The van der Waals surface area contributed by atoms with Crippen molar-refractivity contribution in [3.63, 3.8) is 0 Å². The number of rotatable bonds is 11. The highest BCUT2D eigenvalue weighted by atomic mass is 32.2. The molecule has 0 aliphatic heterocycles. The fraction of sp³-hybridized carbons (Fsp3) is 0.310. The monoisotopic (exact) mass is 504 g/mol. The number of aromatic nitrogens is 1. The summed E-state index contributed by atoms with van der Waals surface area (Å²) >= 11 is 1.34. The molecule has 0 fully saturated rings. The molecule has 2 aromatic carbocycles. The second-order valence-electron chi connectivity index (χ2n) is 9.56. The summed E-state index contributed by atoms with van der Waals surface area (Å²) in [5, 5.41) is 9.41. The van der Waals surface area contributed by atoms with Gasteiger partial charge in [0.25, 0.3) is 0 Å². The minimum absolute atomic E-state index is 0.617. The lowest BCUT2D eigenvalue weighted by Gasteiger charge is -2.21. The fourth-order valence-electron chi connectivity index (χ4n) is 3.97. The molecule has 7 heteroatoms. The highest BCUT2D eigenvalue weighted by Gasteiger charge is 2.28. The van der Waals surface area contributed by atoms with Gasteiger partial charge in [0.1, 0.15) is 16.3 Å². The molecule has 0 unspecified atom stereocenters. The minimum Gasteiger partial charge on any atom is -0.480 e. The van der Waals surface area contributed by atoms with E-state index >= 15 is 0 Å². The Morgan fingerprint density at radius 3 is 2.44 bits per heavy atom. The SMILES string of the molecule is Cc1cccc(Cc2nc(CN(Cc3ccc(SC(C)(C)C(=O)O)cc3)Cc3ccco3)c(C)o2)c1. The lowest BCUT2D eigenvalue weighted by Crippen LogP contribution is -2.26. The molecule has 188 valence electrons. The molecule has 2 heterocycles. The van der Waals surface area contributed by atoms with Crippen molar-refractivity contribution >= 4 is 17.7 Å². The molecule has 0 saturated carbocycles. The first-order valence-electron chi connectivity index (χ1n) is 11.9. The number of benzene rings is 2. The second-order valence-corrected chi connectivity index (χ2v) is 11.3. The maximum atomic E-state index is 11.5. The van der Waals surface area contributed by atoms with Crippen LogP contribution in [0, 0.1) is 13.8 Å². The van der Waals surface area contributed by atoms with Gasteiger partial charge >= 0.3 is 5.97 Å². The van der Waals surface area contributed by atoms with Crippen LogP contribution in [0.1, 0.15) is 53.6 Å². The van der Waals surface area contributed by atoms with Crippen LogP contribution in [0.2, 0.25) is 0 Å². The number of thioether (sulfide) groups is 1. The van der Waals surface area contributed by atoms with Gasteiger partial charge in [-0.05, 0) is 63.1 Å². The first-order chi connectivity index (χ1) is 17.2. The lowest BCUT2D eigenvalue weighted by molar-refractivity contribution is -0.138. The van der Waals surface area contributed by atoms with E-state index in [1.165, 1.54) is 22.9 Å². The van der Waals surface area contributed by atoms with Gasteiger partial charge < -0.3 is 13.9 Å². The number of carboxylic acid groups (broad SMARTS) is 1. The summed E-state index contributed by atoms with van der Waals surface area (Å²) in [5.41, 5.74) is 4.44. The third-order valence-electron chi connectivity index (χ3n) is 5.93. The van der Waals surface area contributed by atoms with Crippen LogP contribution in [0.3, 0.4) is 0 Å². The van der Waals surface area contributed by atoms with E-state index in [1.54, 1.807) is 20.1 Å². The van der Waals surface area contributed by atoms with Crippen molar-refractivity contribution in [2.75, 3.05) is 0 Å². The molecular weight excluding hydrogens is 472 g/mol. The van der Waals surface area contributed by atoms with Gasteiger partial charge in [-0.1, -0.05) is 42.0 Å². The van der Waals surface area contributed by atoms with Crippen LogP contribution in [0.5, 0.6) is 0 Å². The van der Waals surface area contributed by atoms with Crippen molar-refractivity contribution in [1.82, 2.24) is 9.88 Å². The molecule has 0 radical (unpaired) electrons. The molecule has 0 spiro atoms. The average Bonchev–Trinajstić information content (AvgIpc) is 3.44. The highest BCUT2D eigenvalue weighted by Crippen LogP contribution is 2.33. The van der Waals surface area contributed by atoms with Crippen LogP contribution >= 0.6 is 11.8 Å². The second kappa shape index (κ2) is 11.2. The van der Waals surface area contributed by atoms with E-state index in [0.29, 0.717) is 31.9 Å². The van der Waals surface area contributed by atoms with Crippen molar-refractivity contribution in [1.29, 1.82) is 0 Å². The Balaban J connectivity index is 1.48. The number of aryl methyl sites for hydroxylation is 2. The van der Waals surface area contributed by atoms with Crippen molar-refractivity contribution in [3.05, 3.63) is 107 Å². The third-order valence-corrected chi connectivity index (χ3v) is 7.12. The highest BCUT2D eigenvalue weighted by molar-refractivity contribution is 8.01. The van der Waals surface area contributed by atoms with Crippen LogP contribution in [0.25, 0.3) is 0 Å². The van der Waals surface area contributed by atoms with Gasteiger partial charge in [0.05, 0.1) is 18.5 Å². The van der Waals surface area contributed by atoms with Gasteiger partial charge in [-0.3, -0.25) is 9.69 Å². The van der Waals surface area contributed by atoms with E-state index in [4.69, 9.17) is 13.8 Å². The first-order valence-corrected chi connectivity index (χ1v) is 12.8. The topological polar surface area (TPSA) is 79.7 Å². The van der Waals surface area contributed by atoms with E-state index in [2.05, 4.69) is 36.1 Å². The molecule has 4 rings (SSSR count). The maximum absolute atomic E-state index is 11.5. The van der Waals surface area contributed by atoms with Crippen molar-refractivity contribution in [3.8, 4) is 0 Å². The molecule has 0 amide bonds. The normalized spacial score (nSPS) is 11.8. The number of oxazole rings is 1. The van der Waals surface area contributed by atoms with Gasteiger partial charge in [-0.15, -0.1) is 11.8 Å². The quantitative estimate of drug-likeness (QED) is 0.230. The fourth-order valence-corrected chi connectivity index (χ4v) is 4.92. The molecule has 36 heavy (non-hydrogen) atoms. The van der Waals surface area contributed by atoms with E-state index in [1.807, 2.05) is 43.3 Å². The summed E-state index contributed by atoms with van der Waals surface area (Å²) in [7, 11) is 0. The van der Waals surface area contributed by atoms with Crippen LogP contribution in [-0.2, 0) is 30.8 Å². The third kappa shape index (κ3) is 6.89. The summed E-state index contributed by atoms with van der Waals surface area (Å²) in [6.45, 7) is 9.41. The van der Waals surface area contributed by atoms with Gasteiger partial charge in [0, 0.05) is 24.4 Å². The Morgan fingerprint density at radius 2 is 1.78 bits per heavy atom. The maximum Gasteiger partial charge on any atom is 0.319 e. The largest absolute Gasteiger partial charge is 0.480 e. The number of carboxylic acids is 1. The average molecular weight is 505 g/mol. The van der Waals surface area contributed by atoms with Gasteiger partial charge in [0.15, 0.2) is 5.89 Å². The minimum atomic E-state index is -0.881. The van der Waals surface area contributed by atoms with Crippen LogP contribution < -0.4 is 0 Å². The Bertz CT molecular complexity index is 1290.